The van der Waals surface area contributed by atoms with Crippen molar-refractivity contribution in [2.45, 2.75) is 65.7 Å². The summed E-state index contributed by atoms with van der Waals surface area (Å²) in [7, 11) is 0. The molecule has 3 nitrogen and oxygen atoms in total. The Bertz CT molecular complexity index is 207. The molecule has 0 aromatic heterocycles. The van der Waals surface area contributed by atoms with Gasteiger partial charge in [0.05, 0.1) is 0 Å². The quantitative estimate of drug-likeness (QED) is 0.597. The first-order chi connectivity index (χ1) is 8.63. The predicted octanol–water partition coefficient (Wildman–Crippen LogP) is 3.08. The van der Waals surface area contributed by atoms with Crippen molar-refractivity contribution >= 4 is 5.91 Å². The zero-order valence-corrected chi connectivity index (χ0v) is 12.5. The van der Waals surface area contributed by atoms with Gasteiger partial charge in [-0.1, -0.05) is 40.0 Å². The molecule has 0 radical (unpaired) electrons. The van der Waals surface area contributed by atoms with Crippen molar-refractivity contribution in [1.29, 1.82) is 0 Å². The molecule has 0 aliphatic rings. The Morgan fingerprint density at radius 1 is 1.22 bits per heavy atom. The first-order valence-electron chi connectivity index (χ1n) is 7.60. The highest BCUT2D eigenvalue weighted by Gasteiger charge is 2.09. The minimum Gasteiger partial charge on any atom is -0.356 e. The van der Waals surface area contributed by atoms with Crippen LogP contribution in [0, 0.1) is 11.8 Å². The van der Waals surface area contributed by atoms with E-state index in [-0.39, 0.29) is 5.91 Å². The molecule has 108 valence electrons. The van der Waals surface area contributed by atoms with Crippen LogP contribution in [0.4, 0.5) is 0 Å². The van der Waals surface area contributed by atoms with Crippen LogP contribution in [0.15, 0.2) is 0 Å². The Kier molecular flexibility index (Phi) is 11.2. The SMILES string of the molecule is CCCCC(CC)CNC(=O)CCC(C)CCN. The Labute approximate surface area is 113 Å². The van der Waals surface area contributed by atoms with Crippen LogP contribution in [-0.4, -0.2) is 19.0 Å². The minimum atomic E-state index is 0.203. The molecule has 0 fully saturated rings. The first kappa shape index (κ1) is 17.4. The molecule has 1 amide bonds. The largest absolute Gasteiger partial charge is 0.356 e. The maximum atomic E-state index is 11.7. The van der Waals surface area contributed by atoms with E-state index < -0.39 is 0 Å². The summed E-state index contributed by atoms with van der Waals surface area (Å²) in [6.45, 7) is 8.15. The van der Waals surface area contributed by atoms with E-state index in [2.05, 4.69) is 26.1 Å². The smallest absolute Gasteiger partial charge is 0.220 e. The summed E-state index contributed by atoms with van der Waals surface area (Å²) in [5, 5.41) is 3.07. The van der Waals surface area contributed by atoms with Crippen molar-refractivity contribution < 1.29 is 4.79 Å². The first-order valence-corrected chi connectivity index (χ1v) is 7.60. The third-order valence-electron chi connectivity index (χ3n) is 3.65. The van der Waals surface area contributed by atoms with Crippen LogP contribution in [0.25, 0.3) is 0 Å². The van der Waals surface area contributed by atoms with Gasteiger partial charge < -0.3 is 11.1 Å². The van der Waals surface area contributed by atoms with Crippen molar-refractivity contribution in [1.82, 2.24) is 5.32 Å². The Morgan fingerprint density at radius 3 is 2.50 bits per heavy atom. The normalized spacial score (nSPS) is 14.2. The maximum absolute atomic E-state index is 11.7. The van der Waals surface area contributed by atoms with Crippen LogP contribution >= 0.6 is 0 Å². The minimum absolute atomic E-state index is 0.203. The Hall–Kier alpha value is -0.570. The van der Waals surface area contributed by atoms with E-state index in [1.54, 1.807) is 0 Å². The van der Waals surface area contributed by atoms with Gasteiger partial charge in [-0.25, -0.2) is 0 Å². The van der Waals surface area contributed by atoms with E-state index in [1.165, 1.54) is 19.3 Å². The van der Waals surface area contributed by atoms with Gasteiger partial charge in [0.2, 0.25) is 5.91 Å². The number of hydrogen-bond acceptors (Lipinski definition) is 2. The van der Waals surface area contributed by atoms with E-state index >= 15 is 0 Å². The zero-order valence-electron chi connectivity index (χ0n) is 12.5. The standard InChI is InChI=1S/C15H32N2O/c1-4-6-7-14(5-2)12-17-15(18)9-8-13(3)10-11-16/h13-14H,4-12,16H2,1-3H3,(H,17,18). The molecule has 0 heterocycles. The lowest BCUT2D eigenvalue weighted by Gasteiger charge is -2.16. The molecule has 0 aromatic rings. The van der Waals surface area contributed by atoms with Gasteiger partial charge in [0, 0.05) is 13.0 Å². The van der Waals surface area contributed by atoms with E-state index in [1.807, 2.05) is 0 Å². The van der Waals surface area contributed by atoms with Crippen LogP contribution in [0.5, 0.6) is 0 Å². The van der Waals surface area contributed by atoms with Crippen molar-refractivity contribution in [3.63, 3.8) is 0 Å². The molecule has 0 aromatic carbocycles. The molecule has 2 unspecified atom stereocenters. The summed E-state index contributed by atoms with van der Waals surface area (Å²) in [5.74, 6) is 1.41. The lowest BCUT2D eigenvalue weighted by atomic mass is 9.99. The van der Waals surface area contributed by atoms with Gasteiger partial charge in [-0.3, -0.25) is 4.79 Å². The van der Waals surface area contributed by atoms with E-state index in [4.69, 9.17) is 5.73 Å². The molecule has 0 rings (SSSR count). The zero-order chi connectivity index (χ0) is 13.8. The molecule has 3 heteroatoms. The number of amides is 1. The number of nitrogens with one attached hydrogen (secondary N) is 1. The van der Waals surface area contributed by atoms with Crippen LogP contribution in [0.2, 0.25) is 0 Å². The van der Waals surface area contributed by atoms with Crippen LogP contribution in [0.1, 0.15) is 65.7 Å². The molecule has 0 aliphatic carbocycles. The molecule has 3 N–H and O–H groups in total. The maximum Gasteiger partial charge on any atom is 0.220 e. The van der Waals surface area contributed by atoms with E-state index in [0.717, 1.165) is 32.4 Å². The Morgan fingerprint density at radius 2 is 1.94 bits per heavy atom. The fourth-order valence-corrected chi connectivity index (χ4v) is 2.10. The average Bonchev–Trinajstić information content (AvgIpc) is 2.37. The number of hydrogen-bond donors (Lipinski definition) is 2. The van der Waals surface area contributed by atoms with Gasteiger partial charge in [0.1, 0.15) is 0 Å². The summed E-state index contributed by atoms with van der Waals surface area (Å²) >= 11 is 0. The highest BCUT2D eigenvalue weighted by molar-refractivity contribution is 5.75. The number of nitrogens with two attached hydrogens (primary N) is 1. The topological polar surface area (TPSA) is 55.1 Å². The van der Waals surface area contributed by atoms with Gasteiger partial charge in [0.25, 0.3) is 0 Å². The number of rotatable bonds is 11. The van der Waals surface area contributed by atoms with Crippen molar-refractivity contribution in [2.75, 3.05) is 13.1 Å². The second-order valence-electron chi connectivity index (χ2n) is 5.44. The third-order valence-corrected chi connectivity index (χ3v) is 3.65. The Balaban J connectivity index is 3.67. The second kappa shape index (κ2) is 11.5. The number of unbranched alkanes of at least 4 members (excludes halogenated alkanes) is 1. The summed E-state index contributed by atoms with van der Waals surface area (Å²) in [6, 6.07) is 0. The van der Waals surface area contributed by atoms with Gasteiger partial charge in [-0.2, -0.15) is 0 Å². The van der Waals surface area contributed by atoms with Gasteiger partial charge >= 0.3 is 0 Å². The summed E-state index contributed by atoms with van der Waals surface area (Å²) in [6.07, 6.45) is 7.51. The third kappa shape index (κ3) is 9.46. The highest BCUT2D eigenvalue weighted by atomic mass is 16.1. The molecular weight excluding hydrogens is 224 g/mol. The van der Waals surface area contributed by atoms with Gasteiger partial charge in [-0.05, 0) is 37.6 Å². The summed E-state index contributed by atoms with van der Waals surface area (Å²) < 4.78 is 0. The van der Waals surface area contributed by atoms with Crippen LogP contribution in [0.3, 0.4) is 0 Å². The molecule has 2 atom stereocenters. The summed E-state index contributed by atoms with van der Waals surface area (Å²) in [4.78, 5) is 11.7. The molecule has 0 bridgehead atoms. The van der Waals surface area contributed by atoms with Crippen molar-refractivity contribution in [3.05, 3.63) is 0 Å². The van der Waals surface area contributed by atoms with E-state index in [0.29, 0.717) is 18.3 Å². The molecule has 0 aliphatic heterocycles. The molecular formula is C15H32N2O. The highest BCUT2D eigenvalue weighted by Crippen LogP contribution is 2.12. The number of carbonyl (C=O) groups is 1. The average molecular weight is 256 g/mol. The second-order valence-corrected chi connectivity index (χ2v) is 5.44. The van der Waals surface area contributed by atoms with Gasteiger partial charge in [-0.15, -0.1) is 0 Å². The fourth-order valence-electron chi connectivity index (χ4n) is 2.10. The molecule has 0 saturated heterocycles. The predicted molar refractivity (Wildman–Crippen MR) is 78.4 cm³/mol. The van der Waals surface area contributed by atoms with Crippen molar-refractivity contribution in [2.24, 2.45) is 17.6 Å². The van der Waals surface area contributed by atoms with Crippen LogP contribution < -0.4 is 11.1 Å². The van der Waals surface area contributed by atoms with E-state index in [9.17, 15) is 4.79 Å². The summed E-state index contributed by atoms with van der Waals surface area (Å²) in [5.41, 5.74) is 5.50. The monoisotopic (exact) mass is 256 g/mol. The fraction of sp³-hybridized carbons (Fsp3) is 0.933. The molecule has 0 spiro atoms. The van der Waals surface area contributed by atoms with Crippen molar-refractivity contribution in [3.8, 4) is 0 Å². The van der Waals surface area contributed by atoms with Gasteiger partial charge in [0.15, 0.2) is 0 Å². The molecule has 18 heavy (non-hydrogen) atoms. The lowest BCUT2D eigenvalue weighted by Crippen LogP contribution is -2.29. The lowest BCUT2D eigenvalue weighted by molar-refractivity contribution is -0.121. The van der Waals surface area contributed by atoms with Crippen LogP contribution in [-0.2, 0) is 4.79 Å². The molecule has 0 saturated carbocycles. The number of carbonyl (C=O) groups excluding carboxylic acids is 1.